The SMILES string of the molecule is Nc1sc(-c2c(F)cccc2F)nc1C(=O)Nc1cnn(CC2CC2)c1. The Balaban J connectivity index is 1.55. The van der Waals surface area contributed by atoms with Crippen molar-refractivity contribution in [2.45, 2.75) is 19.4 Å². The number of rotatable bonds is 5. The maximum atomic E-state index is 13.9. The number of carbonyl (C=O) groups excluding carboxylic acids is 1. The van der Waals surface area contributed by atoms with Crippen LogP contribution in [0.4, 0.5) is 19.5 Å². The van der Waals surface area contributed by atoms with Crippen molar-refractivity contribution >= 4 is 27.9 Å². The Hall–Kier alpha value is -2.81. The molecule has 1 aromatic carbocycles. The Morgan fingerprint density at radius 3 is 2.77 bits per heavy atom. The number of halogens is 2. The van der Waals surface area contributed by atoms with Crippen LogP contribution in [-0.4, -0.2) is 20.7 Å². The van der Waals surface area contributed by atoms with Crippen LogP contribution in [0.2, 0.25) is 0 Å². The normalized spacial score (nSPS) is 13.8. The van der Waals surface area contributed by atoms with E-state index in [0.29, 0.717) is 11.6 Å². The van der Waals surface area contributed by atoms with E-state index >= 15 is 0 Å². The Morgan fingerprint density at radius 2 is 2.08 bits per heavy atom. The number of nitrogens with zero attached hydrogens (tertiary/aromatic N) is 3. The molecular weight excluding hydrogens is 360 g/mol. The maximum Gasteiger partial charge on any atom is 0.277 e. The lowest BCUT2D eigenvalue weighted by molar-refractivity contribution is 0.102. The summed E-state index contributed by atoms with van der Waals surface area (Å²) < 4.78 is 29.6. The minimum Gasteiger partial charge on any atom is -0.389 e. The van der Waals surface area contributed by atoms with Crippen molar-refractivity contribution in [3.8, 4) is 10.6 Å². The molecule has 134 valence electrons. The van der Waals surface area contributed by atoms with E-state index in [1.54, 1.807) is 17.1 Å². The number of nitrogens with one attached hydrogen (secondary N) is 1. The molecule has 1 aliphatic rings. The number of aromatic nitrogens is 3. The van der Waals surface area contributed by atoms with Gasteiger partial charge in [0, 0.05) is 12.7 Å². The summed E-state index contributed by atoms with van der Waals surface area (Å²) in [6.07, 6.45) is 5.68. The van der Waals surface area contributed by atoms with Gasteiger partial charge in [0.15, 0.2) is 5.69 Å². The average molecular weight is 375 g/mol. The van der Waals surface area contributed by atoms with E-state index in [4.69, 9.17) is 5.73 Å². The Labute approximate surface area is 151 Å². The summed E-state index contributed by atoms with van der Waals surface area (Å²) in [6.45, 7) is 0.825. The van der Waals surface area contributed by atoms with E-state index in [1.807, 2.05) is 0 Å². The molecule has 1 amide bonds. The predicted octanol–water partition coefficient (Wildman–Crippen LogP) is 3.53. The molecular formula is C17H15F2N5OS. The molecule has 1 saturated carbocycles. The number of nitrogen functional groups attached to an aromatic ring is 1. The molecule has 0 aliphatic heterocycles. The highest BCUT2D eigenvalue weighted by molar-refractivity contribution is 7.19. The van der Waals surface area contributed by atoms with Gasteiger partial charge in [-0.15, -0.1) is 0 Å². The topological polar surface area (TPSA) is 85.8 Å². The number of carbonyl (C=O) groups is 1. The minimum atomic E-state index is -0.757. The number of thiazole rings is 1. The van der Waals surface area contributed by atoms with Crippen LogP contribution >= 0.6 is 11.3 Å². The van der Waals surface area contributed by atoms with Crippen LogP contribution in [0.3, 0.4) is 0 Å². The van der Waals surface area contributed by atoms with Crippen molar-refractivity contribution in [2.75, 3.05) is 11.1 Å². The fourth-order valence-corrected chi connectivity index (χ4v) is 3.46. The first-order chi connectivity index (χ1) is 12.5. The van der Waals surface area contributed by atoms with E-state index in [9.17, 15) is 13.6 Å². The summed E-state index contributed by atoms with van der Waals surface area (Å²) in [5.41, 5.74) is 6.00. The summed E-state index contributed by atoms with van der Waals surface area (Å²) >= 11 is 0.862. The highest BCUT2D eigenvalue weighted by Crippen LogP contribution is 2.34. The Bertz CT molecular complexity index is 959. The second-order valence-electron chi connectivity index (χ2n) is 6.18. The van der Waals surface area contributed by atoms with E-state index in [2.05, 4.69) is 15.4 Å². The van der Waals surface area contributed by atoms with Gasteiger partial charge >= 0.3 is 0 Å². The highest BCUT2D eigenvalue weighted by atomic mass is 32.1. The standard InChI is InChI=1S/C17H15F2N5OS/c18-11-2-1-3-12(19)13(11)17-23-14(15(20)26-17)16(25)22-10-6-21-24(8-10)7-9-4-5-9/h1-3,6,8-9H,4-5,7,20H2,(H,22,25). The fourth-order valence-electron chi connectivity index (χ4n) is 2.59. The number of anilines is 2. The number of benzene rings is 1. The molecule has 6 nitrogen and oxygen atoms in total. The van der Waals surface area contributed by atoms with Gasteiger partial charge in [-0.3, -0.25) is 9.48 Å². The molecule has 0 atom stereocenters. The van der Waals surface area contributed by atoms with Gasteiger partial charge in [0.05, 0.1) is 17.4 Å². The first kappa shape index (κ1) is 16.6. The summed E-state index contributed by atoms with van der Waals surface area (Å²) in [6, 6.07) is 3.52. The summed E-state index contributed by atoms with van der Waals surface area (Å²) in [7, 11) is 0. The Kier molecular flexibility index (Phi) is 4.15. The smallest absolute Gasteiger partial charge is 0.277 e. The van der Waals surface area contributed by atoms with Crippen molar-refractivity contribution in [3.05, 3.63) is 47.9 Å². The van der Waals surface area contributed by atoms with Crippen molar-refractivity contribution in [3.63, 3.8) is 0 Å². The van der Waals surface area contributed by atoms with Gasteiger partial charge in [0.1, 0.15) is 21.6 Å². The van der Waals surface area contributed by atoms with Gasteiger partial charge in [0.25, 0.3) is 5.91 Å². The van der Waals surface area contributed by atoms with Crippen LogP contribution in [0, 0.1) is 17.6 Å². The molecule has 3 N–H and O–H groups in total. The van der Waals surface area contributed by atoms with Crippen LogP contribution < -0.4 is 11.1 Å². The van der Waals surface area contributed by atoms with Gasteiger partial charge in [-0.05, 0) is 30.9 Å². The molecule has 2 heterocycles. The largest absolute Gasteiger partial charge is 0.389 e. The molecule has 0 radical (unpaired) electrons. The first-order valence-corrected chi connectivity index (χ1v) is 8.87. The molecule has 1 fully saturated rings. The van der Waals surface area contributed by atoms with Gasteiger partial charge in [-0.1, -0.05) is 17.4 Å². The van der Waals surface area contributed by atoms with Crippen LogP contribution in [0.1, 0.15) is 23.3 Å². The van der Waals surface area contributed by atoms with Crippen molar-refractivity contribution in [2.24, 2.45) is 5.92 Å². The molecule has 1 aliphatic carbocycles. The quantitative estimate of drug-likeness (QED) is 0.714. The van der Waals surface area contributed by atoms with E-state index in [-0.39, 0.29) is 21.3 Å². The third-order valence-corrected chi connectivity index (χ3v) is 4.98. The summed E-state index contributed by atoms with van der Waals surface area (Å²) in [5.74, 6) is -1.40. The number of amides is 1. The van der Waals surface area contributed by atoms with Crippen molar-refractivity contribution < 1.29 is 13.6 Å². The second kappa shape index (κ2) is 6.49. The van der Waals surface area contributed by atoms with Gasteiger partial charge in [-0.2, -0.15) is 5.10 Å². The van der Waals surface area contributed by atoms with Gasteiger partial charge < -0.3 is 11.1 Å². The molecule has 4 rings (SSSR count). The van der Waals surface area contributed by atoms with Crippen LogP contribution in [0.15, 0.2) is 30.6 Å². The first-order valence-electron chi connectivity index (χ1n) is 8.05. The molecule has 0 spiro atoms. The molecule has 9 heteroatoms. The Morgan fingerprint density at radius 1 is 1.35 bits per heavy atom. The van der Waals surface area contributed by atoms with Crippen LogP contribution in [-0.2, 0) is 6.54 Å². The molecule has 0 bridgehead atoms. The van der Waals surface area contributed by atoms with Gasteiger partial charge in [0.2, 0.25) is 0 Å². The lowest BCUT2D eigenvalue weighted by Gasteiger charge is -2.01. The lowest BCUT2D eigenvalue weighted by atomic mass is 10.2. The number of hydrogen-bond acceptors (Lipinski definition) is 5. The summed E-state index contributed by atoms with van der Waals surface area (Å²) in [4.78, 5) is 16.5. The maximum absolute atomic E-state index is 13.9. The third kappa shape index (κ3) is 3.30. The molecule has 3 aromatic rings. The molecule has 2 aromatic heterocycles. The zero-order valence-corrected chi connectivity index (χ0v) is 14.4. The average Bonchev–Trinajstić information content (AvgIpc) is 3.16. The molecule has 26 heavy (non-hydrogen) atoms. The fraction of sp³-hybridized carbons (Fsp3) is 0.235. The monoisotopic (exact) mass is 375 g/mol. The number of hydrogen-bond donors (Lipinski definition) is 2. The summed E-state index contributed by atoms with van der Waals surface area (Å²) in [5, 5.41) is 6.97. The zero-order chi connectivity index (χ0) is 18.3. The highest BCUT2D eigenvalue weighted by Gasteiger charge is 2.23. The van der Waals surface area contributed by atoms with E-state index in [1.165, 1.54) is 18.9 Å². The zero-order valence-electron chi connectivity index (χ0n) is 13.6. The van der Waals surface area contributed by atoms with Crippen LogP contribution in [0.25, 0.3) is 10.6 Å². The van der Waals surface area contributed by atoms with E-state index in [0.717, 1.165) is 30.0 Å². The van der Waals surface area contributed by atoms with Gasteiger partial charge in [-0.25, -0.2) is 13.8 Å². The number of nitrogens with two attached hydrogens (primary N) is 1. The predicted molar refractivity (Wildman–Crippen MR) is 94.8 cm³/mol. The minimum absolute atomic E-state index is 0.0210. The third-order valence-electron chi connectivity index (χ3n) is 4.08. The second-order valence-corrected chi connectivity index (χ2v) is 7.21. The van der Waals surface area contributed by atoms with Crippen LogP contribution in [0.5, 0.6) is 0 Å². The molecule has 0 saturated heterocycles. The molecule has 0 unspecified atom stereocenters. The van der Waals surface area contributed by atoms with E-state index < -0.39 is 17.5 Å². The van der Waals surface area contributed by atoms with Crippen molar-refractivity contribution in [1.29, 1.82) is 0 Å². The van der Waals surface area contributed by atoms with Crippen molar-refractivity contribution in [1.82, 2.24) is 14.8 Å². The lowest BCUT2D eigenvalue weighted by Crippen LogP contribution is -2.13.